The molecule has 2 rings (SSSR count). The SMILES string of the molecule is CCCNC(c1ccccc1Br)C1CCCC(CC)C1. The van der Waals surface area contributed by atoms with Gasteiger partial charge in [0.2, 0.25) is 0 Å². The van der Waals surface area contributed by atoms with Gasteiger partial charge in [-0.15, -0.1) is 0 Å². The highest BCUT2D eigenvalue weighted by atomic mass is 79.9. The van der Waals surface area contributed by atoms with E-state index in [0.717, 1.165) is 18.4 Å². The molecule has 1 fully saturated rings. The maximum atomic E-state index is 3.81. The second-order valence-corrected chi connectivity index (χ2v) is 7.01. The third kappa shape index (κ3) is 4.08. The van der Waals surface area contributed by atoms with E-state index in [9.17, 15) is 0 Å². The highest BCUT2D eigenvalue weighted by Gasteiger charge is 2.29. The van der Waals surface area contributed by atoms with Crippen LogP contribution in [0.15, 0.2) is 28.7 Å². The molecule has 1 aromatic rings. The molecule has 0 radical (unpaired) electrons. The summed E-state index contributed by atoms with van der Waals surface area (Å²) in [5.41, 5.74) is 1.45. The van der Waals surface area contributed by atoms with E-state index in [1.807, 2.05) is 0 Å². The molecule has 1 aromatic carbocycles. The quantitative estimate of drug-likeness (QED) is 0.701. The predicted octanol–water partition coefficient (Wildman–Crippen LogP) is 5.71. The van der Waals surface area contributed by atoms with Crippen molar-refractivity contribution in [2.24, 2.45) is 11.8 Å². The normalized spacial score (nSPS) is 24.6. The van der Waals surface area contributed by atoms with E-state index in [1.165, 1.54) is 48.6 Å². The smallest absolute Gasteiger partial charge is 0.0359 e. The fourth-order valence-corrected chi connectivity index (χ4v) is 4.10. The Balaban J connectivity index is 2.16. The molecule has 2 heteroatoms. The Hall–Kier alpha value is -0.340. The Kier molecular flexibility index (Phi) is 6.57. The number of hydrogen-bond donors (Lipinski definition) is 1. The highest BCUT2D eigenvalue weighted by Crippen LogP contribution is 2.40. The molecule has 0 spiro atoms. The van der Waals surface area contributed by atoms with Crippen molar-refractivity contribution in [1.82, 2.24) is 5.32 Å². The third-order valence-corrected chi connectivity index (χ3v) is 5.45. The van der Waals surface area contributed by atoms with Crippen LogP contribution < -0.4 is 5.32 Å². The van der Waals surface area contributed by atoms with E-state index < -0.39 is 0 Å². The van der Waals surface area contributed by atoms with Gasteiger partial charge < -0.3 is 5.32 Å². The largest absolute Gasteiger partial charge is 0.310 e. The number of rotatable bonds is 6. The lowest BCUT2D eigenvalue weighted by atomic mass is 9.75. The lowest BCUT2D eigenvalue weighted by Crippen LogP contribution is -2.32. The molecule has 3 atom stereocenters. The molecular weight excluding hydrogens is 310 g/mol. The van der Waals surface area contributed by atoms with Gasteiger partial charge in [0, 0.05) is 10.5 Å². The van der Waals surface area contributed by atoms with E-state index in [4.69, 9.17) is 0 Å². The van der Waals surface area contributed by atoms with E-state index in [1.54, 1.807) is 0 Å². The number of halogens is 1. The van der Waals surface area contributed by atoms with Crippen LogP contribution in [0.1, 0.15) is 64.0 Å². The minimum Gasteiger partial charge on any atom is -0.310 e. The van der Waals surface area contributed by atoms with Crippen molar-refractivity contribution in [3.8, 4) is 0 Å². The molecule has 0 saturated heterocycles. The van der Waals surface area contributed by atoms with E-state index in [2.05, 4.69) is 59.4 Å². The molecule has 0 bridgehead atoms. The average Bonchev–Trinajstić information content (AvgIpc) is 2.49. The van der Waals surface area contributed by atoms with Gasteiger partial charge in [-0.1, -0.05) is 67.2 Å². The van der Waals surface area contributed by atoms with Crippen LogP contribution in [0.5, 0.6) is 0 Å². The van der Waals surface area contributed by atoms with Gasteiger partial charge in [0.1, 0.15) is 0 Å². The van der Waals surface area contributed by atoms with Crippen molar-refractivity contribution >= 4 is 15.9 Å². The van der Waals surface area contributed by atoms with Crippen LogP contribution in [0.3, 0.4) is 0 Å². The van der Waals surface area contributed by atoms with Crippen LogP contribution in [0.4, 0.5) is 0 Å². The molecule has 0 heterocycles. The molecule has 1 saturated carbocycles. The predicted molar refractivity (Wildman–Crippen MR) is 90.9 cm³/mol. The first kappa shape index (κ1) is 16.0. The number of hydrogen-bond acceptors (Lipinski definition) is 1. The van der Waals surface area contributed by atoms with Crippen LogP contribution >= 0.6 is 15.9 Å². The van der Waals surface area contributed by atoms with Crippen molar-refractivity contribution < 1.29 is 0 Å². The first-order valence-electron chi connectivity index (χ1n) is 8.24. The van der Waals surface area contributed by atoms with Gasteiger partial charge in [-0.25, -0.2) is 0 Å². The van der Waals surface area contributed by atoms with Gasteiger partial charge >= 0.3 is 0 Å². The standard InChI is InChI=1S/C18H28BrN/c1-3-12-20-18(16-10-5-6-11-17(16)19)15-9-7-8-14(4-2)13-15/h5-6,10-11,14-15,18,20H,3-4,7-9,12-13H2,1-2H3. The second kappa shape index (κ2) is 8.19. The van der Waals surface area contributed by atoms with Gasteiger partial charge in [0.05, 0.1) is 0 Å². The fraction of sp³-hybridized carbons (Fsp3) is 0.667. The van der Waals surface area contributed by atoms with Crippen molar-refractivity contribution in [1.29, 1.82) is 0 Å². The lowest BCUT2D eigenvalue weighted by Gasteiger charge is -2.35. The number of nitrogens with one attached hydrogen (secondary N) is 1. The highest BCUT2D eigenvalue weighted by molar-refractivity contribution is 9.10. The van der Waals surface area contributed by atoms with Crippen LogP contribution in [0.25, 0.3) is 0 Å². The molecule has 0 aromatic heterocycles. The van der Waals surface area contributed by atoms with Crippen LogP contribution in [-0.2, 0) is 0 Å². The molecule has 1 N–H and O–H groups in total. The summed E-state index contributed by atoms with van der Waals surface area (Å²) in [6.45, 7) is 5.71. The topological polar surface area (TPSA) is 12.0 Å². The molecular formula is C18H28BrN. The molecule has 1 aliphatic rings. The minimum absolute atomic E-state index is 0.514. The molecule has 0 amide bonds. The maximum absolute atomic E-state index is 3.81. The fourth-order valence-electron chi connectivity index (χ4n) is 3.56. The van der Waals surface area contributed by atoms with Crippen molar-refractivity contribution in [2.45, 2.75) is 58.4 Å². The zero-order valence-electron chi connectivity index (χ0n) is 12.9. The van der Waals surface area contributed by atoms with E-state index in [-0.39, 0.29) is 0 Å². The molecule has 1 aliphatic carbocycles. The summed E-state index contributed by atoms with van der Waals surface area (Å²) in [6, 6.07) is 9.25. The maximum Gasteiger partial charge on any atom is 0.0359 e. The van der Waals surface area contributed by atoms with Gasteiger partial charge in [0.15, 0.2) is 0 Å². The summed E-state index contributed by atoms with van der Waals surface area (Å²) >= 11 is 3.75. The zero-order chi connectivity index (χ0) is 14.4. The molecule has 20 heavy (non-hydrogen) atoms. The summed E-state index contributed by atoms with van der Waals surface area (Å²) in [5.74, 6) is 1.72. The van der Waals surface area contributed by atoms with Crippen molar-refractivity contribution in [2.75, 3.05) is 6.54 Å². The third-order valence-electron chi connectivity index (χ3n) is 4.73. The summed E-state index contributed by atoms with van der Waals surface area (Å²) < 4.78 is 1.26. The average molecular weight is 338 g/mol. The van der Waals surface area contributed by atoms with E-state index in [0.29, 0.717) is 6.04 Å². The zero-order valence-corrected chi connectivity index (χ0v) is 14.5. The van der Waals surface area contributed by atoms with Crippen LogP contribution in [0.2, 0.25) is 0 Å². The Morgan fingerprint density at radius 1 is 1.25 bits per heavy atom. The monoisotopic (exact) mass is 337 g/mol. The summed E-state index contributed by atoms with van der Waals surface area (Å²) in [6.07, 6.45) is 8.14. The Bertz CT molecular complexity index is 404. The summed E-state index contributed by atoms with van der Waals surface area (Å²) in [7, 11) is 0. The second-order valence-electron chi connectivity index (χ2n) is 6.15. The molecule has 1 nitrogen and oxygen atoms in total. The summed E-state index contributed by atoms with van der Waals surface area (Å²) in [5, 5.41) is 3.81. The lowest BCUT2D eigenvalue weighted by molar-refractivity contribution is 0.209. The van der Waals surface area contributed by atoms with Crippen molar-refractivity contribution in [3.05, 3.63) is 34.3 Å². The number of benzene rings is 1. The Labute approximate surface area is 132 Å². The molecule has 3 unspecified atom stereocenters. The Morgan fingerprint density at radius 2 is 2.05 bits per heavy atom. The van der Waals surface area contributed by atoms with Gasteiger partial charge in [0.25, 0.3) is 0 Å². The first-order chi connectivity index (χ1) is 9.76. The molecule has 0 aliphatic heterocycles. The van der Waals surface area contributed by atoms with Crippen LogP contribution in [-0.4, -0.2) is 6.54 Å². The molecule has 112 valence electrons. The van der Waals surface area contributed by atoms with Gasteiger partial charge in [-0.3, -0.25) is 0 Å². The summed E-state index contributed by atoms with van der Waals surface area (Å²) in [4.78, 5) is 0. The first-order valence-corrected chi connectivity index (χ1v) is 9.03. The van der Waals surface area contributed by atoms with Gasteiger partial charge in [-0.2, -0.15) is 0 Å². The van der Waals surface area contributed by atoms with Crippen molar-refractivity contribution in [3.63, 3.8) is 0 Å². The van der Waals surface area contributed by atoms with E-state index >= 15 is 0 Å². The van der Waals surface area contributed by atoms with Crippen LogP contribution in [0, 0.1) is 11.8 Å². The van der Waals surface area contributed by atoms with Gasteiger partial charge in [-0.05, 0) is 49.3 Å². The minimum atomic E-state index is 0.514. The Morgan fingerprint density at radius 3 is 2.75 bits per heavy atom.